The number of anilines is 1. The van der Waals surface area contributed by atoms with Crippen LogP contribution in [0.15, 0.2) is 50.5 Å². The van der Waals surface area contributed by atoms with Gasteiger partial charge in [-0.05, 0) is 40.2 Å². The molecule has 1 heterocycles. The fourth-order valence-electron chi connectivity index (χ4n) is 1.53. The van der Waals surface area contributed by atoms with Gasteiger partial charge in [-0.3, -0.25) is 9.71 Å². The molecule has 110 valence electrons. The molecule has 2 rings (SSSR count). The maximum absolute atomic E-state index is 12.3. The third-order valence-corrected chi connectivity index (χ3v) is 4.71. The minimum atomic E-state index is -3.94. The van der Waals surface area contributed by atoms with E-state index in [4.69, 9.17) is 5.11 Å². The lowest BCUT2D eigenvalue weighted by molar-refractivity contribution is 0.0698. The average Bonchev–Trinajstić information content (AvgIpc) is 2.38. The first kappa shape index (κ1) is 15.9. The first-order valence-electron chi connectivity index (χ1n) is 5.46. The molecule has 1 aromatic heterocycles. The maximum atomic E-state index is 12.3. The fraction of sp³-hybridized carbons (Fsp3) is 0. The molecule has 0 bridgehead atoms. The molecule has 0 radical (unpaired) electrons. The number of rotatable bonds is 4. The van der Waals surface area contributed by atoms with Crippen molar-refractivity contribution in [1.82, 2.24) is 4.98 Å². The van der Waals surface area contributed by atoms with E-state index in [0.29, 0.717) is 8.95 Å². The van der Waals surface area contributed by atoms with Gasteiger partial charge in [-0.15, -0.1) is 0 Å². The van der Waals surface area contributed by atoms with Crippen molar-refractivity contribution in [3.8, 4) is 0 Å². The summed E-state index contributed by atoms with van der Waals surface area (Å²) in [6, 6.07) is 5.57. The summed E-state index contributed by atoms with van der Waals surface area (Å²) in [5, 5.41) is 9.10. The summed E-state index contributed by atoms with van der Waals surface area (Å²) in [6.45, 7) is 0. The molecule has 0 amide bonds. The number of pyridine rings is 1. The number of carboxylic acids is 1. The van der Waals surface area contributed by atoms with Gasteiger partial charge in [-0.25, -0.2) is 13.2 Å². The molecule has 0 fully saturated rings. The first-order chi connectivity index (χ1) is 9.79. The minimum Gasteiger partial charge on any atom is -0.478 e. The molecule has 0 saturated carbocycles. The number of carboxylic acid groups (broad SMARTS) is 1. The standard InChI is InChI=1S/C12H8Br2N2O4S/c13-7-1-2-10(12(17)18)11(4-7)16-21(19,20)9-3-8(14)5-15-6-9/h1-6,16H,(H,17,18). The number of hydrogen-bond acceptors (Lipinski definition) is 4. The highest BCUT2D eigenvalue weighted by Crippen LogP contribution is 2.25. The number of sulfonamides is 1. The predicted octanol–water partition coefficient (Wildman–Crippen LogP) is 3.11. The Hall–Kier alpha value is -1.45. The van der Waals surface area contributed by atoms with Crippen LogP contribution in [0.5, 0.6) is 0 Å². The van der Waals surface area contributed by atoms with Crippen LogP contribution < -0.4 is 4.72 Å². The summed E-state index contributed by atoms with van der Waals surface area (Å²) in [7, 11) is -3.94. The van der Waals surface area contributed by atoms with Gasteiger partial charge in [-0.2, -0.15) is 0 Å². The summed E-state index contributed by atoms with van der Waals surface area (Å²) < 4.78 is 27.8. The second-order valence-electron chi connectivity index (χ2n) is 3.94. The smallest absolute Gasteiger partial charge is 0.337 e. The summed E-state index contributed by atoms with van der Waals surface area (Å²) in [5.74, 6) is -1.23. The summed E-state index contributed by atoms with van der Waals surface area (Å²) in [4.78, 5) is 14.8. The molecule has 0 spiro atoms. The molecule has 9 heteroatoms. The van der Waals surface area contributed by atoms with E-state index >= 15 is 0 Å². The summed E-state index contributed by atoms with van der Waals surface area (Å²) >= 11 is 6.31. The van der Waals surface area contributed by atoms with Crippen molar-refractivity contribution in [3.63, 3.8) is 0 Å². The van der Waals surface area contributed by atoms with Crippen LogP contribution in [0.3, 0.4) is 0 Å². The molecule has 2 N–H and O–H groups in total. The van der Waals surface area contributed by atoms with Crippen LogP contribution >= 0.6 is 31.9 Å². The zero-order valence-corrected chi connectivity index (χ0v) is 14.2. The van der Waals surface area contributed by atoms with Crippen LogP contribution in [0.25, 0.3) is 0 Å². The zero-order chi connectivity index (χ0) is 15.6. The van der Waals surface area contributed by atoms with E-state index in [9.17, 15) is 13.2 Å². The van der Waals surface area contributed by atoms with Crippen molar-refractivity contribution in [2.75, 3.05) is 4.72 Å². The second-order valence-corrected chi connectivity index (χ2v) is 7.45. The number of aromatic nitrogens is 1. The molecule has 0 saturated heterocycles. The van der Waals surface area contributed by atoms with Crippen LogP contribution in [0.1, 0.15) is 10.4 Å². The Morgan fingerprint density at radius 3 is 2.48 bits per heavy atom. The van der Waals surface area contributed by atoms with E-state index in [1.807, 2.05) is 0 Å². The maximum Gasteiger partial charge on any atom is 0.337 e. The van der Waals surface area contributed by atoms with Gasteiger partial charge < -0.3 is 5.11 Å². The second kappa shape index (κ2) is 6.12. The molecular weight excluding hydrogens is 428 g/mol. The van der Waals surface area contributed by atoms with E-state index in [1.54, 1.807) is 0 Å². The molecule has 0 aliphatic heterocycles. The van der Waals surface area contributed by atoms with E-state index in [2.05, 4.69) is 41.6 Å². The highest BCUT2D eigenvalue weighted by Gasteiger charge is 2.19. The monoisotopic (exact) mass is 434 g/mol. The van der Waals surface area contributed by atoms with E-state index in [1.165, 1.54) is 36.7 Å². The Bertz CT molecular complexity index is 809. The summed E-state index contributed by atoms with van der Waals surface area (Å²) in [6.07, 6.45) is 2.62. The third kappa shape index (κ3) is 3.80. The number of nitrogens with one attached hydrogen (secondary N) is 1. The van der Waals surface area contributed by atoms with Gasteiger partial charge in [-0.1, -0.05) is 15.9 Å². The van der Waals surface area contributed by atoms with Crippen LogP contribution in [-0.4, -0.2) is 24.5 Å². The summed E-state index contributed by atoms with van der Waals surface area (Å²) in [5.41, 5.74) is -0.179. The van der Waals surface area contributed by atoms with Crippen LogP contribution in [0.2, 0.25) is 0 Å². The highest BCUT2D eigenvalue weighted by atomic mass is 79.9. The number of nitrogens with zero attached hydrogens (tertiary/aromatic N) is 1. The Balaban J connectivity index is 2.46. The molecule has 21 heavy (non-hydrogen) atoms. The molecule has 1 aromatic carbocycles. The number of carbonyl (C=O) groups is 1. The van der Waals surface area contributed by atoms with Crippen molar-refractivity contribution in [2.45, 2.75) is 4.90 Å². The van der Waals surface area contributed by atoms with Gasteiger partial charge in [0.25, 0.3) is 10.0 Å². The lowest BCUT2D eigenvalue weighted by Crippen LogP contribution is -2.15. The topological polar surface area (TPSA) is 96.4 Å². The van der Waals surface area contributed by atoms with Crippen LogP contribution in [0, 0.1) is 0 Å². The Morgan fingerprint density at radius 2 is 1.86 bits per heavy atom. The van der Waals surface area contributed by atoms with Gasteiger partial charge in [0.1, 0.15) is 4.90 Å². The van der Waals surface area contributed by atoms with Crippen molar-refractivity contribution < 1.29 is 18.3 Å². The quantitative estimate of drug-likeness (QED) is 0.768. The Kier molecular flexibility index (Phi) is 4.64. The lowest BCUT2D eigenvalue weighted by Gasteiger charge is -2.11. The molecule has 2 aromatic rings. The molecule has 6 nitrogen and oxygen atoms in total. The number of halogens is 2. The highest BCUT2D eigenvalue weighted by molar-refractivity contribution is 9.10. The number of aromatic carboxylic acids is 1. The molecule has 0 atom stereocenters. The van der Waals surface area contributed by atoms with Gasteiger partial charge in [0, 0.05) is 21.3 Å². The van der Waals surface area contributed by atoms with E-state index < -0.39 is 16.0 Å². The van der Waals surface area contributed by atoms with Crippen molar-refractivity contribution in [1.29, 1.82) is 0 Å². The third-order valence-electron chi connectivity index (χ3n) is 2.45. The van der Waals surface area contributed by atoms with Gasteiger partial charge in [0.2, 0.25) is 0 Å². The minimum absolute atomic E-state index is 0.0307. The lowest BCUT2D eigenvalue weighted by atomic mass is 10.2. The normalized spacial score (nSPS) is 11.1. The van der Waals surface area contributed by atoms with Crippen LogP contribution in [-0.2, 0) is 10.0 Å². The zero-order valence-electron chi connectivity index (χ0n) is 10.2. The first-order valence-corrected chi connectivity index (χ1v) is 8.53. The van der Waals surface area contributed by atoms with Crippen molar-refractivity contribution in [3.05, 3.63) is 51.2 Å². The van der Waals surface area contributed by atoms with Crippen molar-refractivity contribution in [2.24, 2.45) is 0 Å². The van der Waals surface area contributed by atoms with E-state index in [0.717, 1.165) is 0 Å². The SMILES string of the molecule is O=C(O)c1ccc(Br)cc1NS(=O)(=O)c1cncc(Br)c1. The number of hydrogen-bond donors (Lipinski definition) is 2. The largest absolute Gasteiger partial charge is 0.478 e. The Morgan fingerprint density at radius 1 is 1.14 bits per heavy atom. The fourth-order valence-corrected chi connectivity index (χ4v) is 3.47. The molecule has 0 unspecified atom stereocenters. The Labute approximate surface area is 137 Å². The van der Waals surface area contributed by atoms with Gasteiger partial charge >= 0.3 is 5.97 Å². The molecule has 0 aliphatic carbocycles. The predicted molar refractivity (Wildman–Crippen MR) is 83.8 cm³/mol. The van der Waals surface area contributed by atoms with E-state index in [-0.39, 0.29) is 16.1 Å². The molecule has 0 aliphatic rings. The van der Waals surface area contributed by atoms with Crippen LogP contribution in [0.4, 0.5) is 5.69 Å². The van der Waals surface area contributed by atoms with Crippen molar-refractivity contribution >= 4 is 53.5 Å². The number of benzene rings is 1. The van der Waals surface area contributed by atoms with Gasteiger partial charge in [0.05, 0.1) is 11.3 Å². The molecular formula is C12H8Br2N2O4S. The van der Waals surface area contributed by atoms with Gasteiger partial charge in [0.15, 0.2) is 0 Å². The average molecular weight is 436 g/mol.